The maximum Gasteiger partial charge on any atom is 0.306 e. The van der Waals surface area contributed by atoms with Crippen molar-refractivity contribution in [3.05, 3.63) is 85.1 Å². The number of quaternary nitrogens is 1. The molecule has 0 saturated carbocycles. The van der Waals surface area contributed by atoms with Gasteiger partial charge in [-0.3, -0.25) is 14.2 Å². The summed E-state index contributed by atoms with van der Waals surface area (Å²) in [6.45, 7) is 6.73. The van der Waals surface area contributed by atoms with Crippen molar-refractivity contribution in [2.45, 2.75) is 258 Å². The van der Waals surface area contributed by atoms with Crippen molar-refractivity contribution < 1.29 is 37.3 Å². The molecule has 0 heterocycles. The fraction of sp³-hybridized carbons (Fsp3) is 0.742. The van der Waals surface area contributed by atoms with Gasteiger partial charge in [-0.05, 0) is 96.0 Å². The van der Waals surface area contributed by atoms with Crippen LogP contribution in [0.5, 0.6) is 0 Å². The summed E-state index contributed by atoms with van der Waals surface area (Å²) in [5.41, 5.74) is 0. The van der Waals surface area contributed by atoms with E-state index in [9.17, 15) is 19.0 Å². The summed E-state index contributed by atoms with van der Waals surface area (Å²) >= 11 is 0. The van der Waals surface area contributed by atoms with E-state index in [1.54, 1.807) is 6.08 Å². The first-order valence-electron chi connectivity index (χ1n) is 29.4. The molecule has 0 fully saturated rings. The first kappa shape index (κ1) is 69.2. The Kier molecular flexibility index (Phi) is 49.6. The van der Waals surface area contributed by atoms with Gasteiger partial charge in [-0.15, -0.1) is 0 Å². The third-order valence-electron chi connectivity index (χ3n) is 12.6. The van der Waals surface area contributed by atoms with Crippen LogP contribution in [0.15, 0.2) is 85.1 Å². The monoisotopic (exact) mass is 1030 g/mol. The molecule has 0 aliphatic carbocycles. The molecule has 0 saturated heterocycles. The minimum absolute atomic E-state index is 0.0381. The second-order valence-electron chi connectivity index (χ2n) is 20.8. The zero-order chi connectivity index (χ0) is 52.9. The lowest BCUT2D eigenvalue weighted by Crippen LogP contribution is -2.47. The van der Waals surface area contributed by atoms with Crippen LogP contribution in [0.3, 0.4) is 0 Å². The van der Waals surface area contributed by atoms with Gasteiger partial charge in [0.05, 0.1) is 33.8 Å². The molecule has 0 aromatic rings. The van der Waals surface area contributed by atoms with E-state index in [0.717, 1.165) is 83.5 Å². The third-order valence-corrected chi connectivity index (χ3v) is 13.5. The van der Waals surface area contributed by atoms with Gasteiger partial charge in [0.15, 0.2) is 0 Å². The van der Waals surface area contributed by atoms with Crippen LogP contribution in [0.25, 0.3) is 0 Å². The van der Waals surface area contributed by atoms with Crippen LogP contribution in [-0.2, 0) is 27.9 Å². The number of nitrogens with one attached hydrogen (secondary N) is 1. The molecule has 72 heavy (non-hydrogen) atoms. The Labute approximate surface area is 444 Å². The van der Waals surface area contributed by atoms with Gasteiger partial charge in [-0.25, -0.2) is 0 Å². The zero-order valence-electron chi connectivity index (χ0n) is 47.4. The molecule has 416 valence electrons. The largest absolute Gasteiger partial charge is 0.756 e. The zero-order valence-corrected chi connectivity index (χ0v) is 48.3. The molecule has 3 unspecified atom stereocenters. The first-order valence-corrected chi connectivity index (χ1v) is 30.9. The number of likely N-dealkylation sites (N-methyl/N-ethyl adjacent to an activating group) is 1. The lowest BCUT2D eigenvalue weighted by atomic mass is 10.1. The standard InChI is InChI=1S/C62H111N2O7P/c1-7-10-13-16-19-22-25-28-29-30-31-32-33-34-35-37-40-43-46-49-52-55-62(66)71-60(53-50-47-44-41-38-27-24-21-18-15-12-9-3)59(58-70-72(67,68)69-57-56-64(4,5)6)63-61(65)54-51-48-45-42-39-36-26-23-20-17-14-11-8-2/h19,22,28-29,31-32,34-36,39,45,48,50,53,59-60H,7-18,20-21,23-27,30,33,37-38,40-44,46-47,49,51-52,54-58H2,1-6H3,(H-,63,65,67,68)/b22-19-,29-28-,32-31-,35-34-,39-36-,48-45+,53-50-. The molecule has 0 aliphatic rings. The molecule has 0 spiro atoms. The highest BCUT2D eigenvalue weighted by molar-refractivity contribution is 7.45. The Morgan fingerprint density at radius 3 is 1.32 bits per heavy atom. The lowest BCUT2D eigenvalue weighted by molar-refractivity contribution is -0.870. The second-order valence-corrected chi connectivity index (χ2v) is 22.2. The molecule has 0 rings (SSSR count). The van der Waals surface area contributed by atoms with E-state index in [4.69, 9.17) is 13.8 Å². The summed E-state index contributed by atoms with van der Waals surface area (Å²) in [7, 11) is 1.13. The number of carbonyl (C=O) groups excluding carboxylic acids is 2. The van der Waals surface area contributed by atoms with Crippen LogP contribution in [0, 0.1) is 0 Å². The van der Waals surface area contributed by atoms with Crippen molar-refractivity contribution in [3.63, 3.8) is 0 Å². The SMILES string of the molecule is CCCCC/C=C\C/C=C\C/C=C\C/C=C\CCCCCCCC(=O)OC(/C=C\CCCCCCCCCCCC)C(COP(=O)([O-])OCC[N+](C)(C)C)NC(=O)CC/C=C/C/C=C\CCCCCCCC. The maximum atomic E-state index is 13.4. The first-order chi connectivity index (χ1) is 34.9. The molecule has 0 bridgehead atoms. The Bertz CT molecular complexity index is 1510. The fourth-order valence-electron chi connectivity index (χ4n) is 7.97. The molecule has 1 N–H and O–H groups in total. The van der Waals surface area contributed by atoms with Crippen LogP contribution in [0.4, 0.5) is 0 Å². The average Bonchev–Trinajstić information content (AvgIpc) is 3.34. The molecule has 9 nitrogen and oxygen atoms in total. The van der Waals surface area contributed by atoms with E-state index in [-0.39, 0.29) is 31.3 Å². The summed E-state index contributed by atoms with van der Waals surface area (Å²) in [4.78, 5) is 39.8. The number of unbranched alkanes of at least 4 members (excludes halogenated alkanes) is 24. The van der Waals surface area contributed by atoms with Crippen LogP contribution in [-0.4, -0.2) is 69.4 Å². The van der Waals surface area contributed by atoms with Gasteiger partial charge in [0.1, 0.15) is 19.3 Å². The fourth-order valence-corrected chi connectivity index (χ4v) is 8.69. The maximum absolute atomic E-state index is 13.4. The van der Waals surface area contributed by atoms with Crippen LogP contribution in [0.1, 0.15) is 245 Å². The molecule has 0 aromatic carbocycles. The van der Waals surface area contributed by atoms with Gasteiger partial charge >= 0.3 is 5.97 Å². The van der Waals surface area contributed by atoms with Gasteiger partial charge in [-0.2, -0.15) is 0 Å². The highest BCUT2D eigenvalue weighted by atomic mass is 31.2. The number of rotatable bonds is 52. The molecule has 10 heteroatoms. The summed E-state index contributed by atoms with van der Waals surface area (Å²) in [6.07, 6.45) is 67.1. The van der Waals surface area contributed by atoms with Gasteiger partial charge in [-0.1, -0.05) is 222 Å². The van der Waals surface area contributed by atoms with Gasteiger partial charge in [0.25, 0.3) is 7.82 Å². The van der Waals surface area contributed by atoms with Crippen LogP contribution in [0.2, 0.25) is 0 Å². The number of allylic oxidation sites excluding steroid dienone is 13. The summed E-state index contributed by atoms with van der Waals surface area (Å²) in [5, 5.41) is 2.97. The molecule has 1 amide bonds. The smallest absolute Gasteiger partial charge is 0.306 e. The van der Waals surface area contributed by atoms with E-state index in [0.29, 0.717) is 23.9 Å². The van der Waals surface area contributed by atoms with Crippen molar-refractivity contribution >= 4 is 19.7 Å². The Morgan fingerprint density at radius 2 is 0.861 bits per heavy atom. The lowest BCUT2D eigenvalue weighted by Gasteiger charge is -2.30. The summed E-state index contributed by atoms with van der Waals surface area (Å²) in [5.74, 6) is -0.644. The van der Waals surface area contributed by atoms with Crippen molar-refractivity contribution in [3.8, 4) is 0 Å². The number of carbonyl (C=O) groups is 2. The van der Waals surface area contributed by atoms with Crippen molar-refractivity contribution in [1.29, 1.82) is 0 Å². The van der Waals surface area contributed by atoms with Crippen LogP contribution >= 0.6 is 7.82 Å². The Balaban J connectivity index is 5.38. The molecule has 0 aliphatic heterocycles. The number of phosphoric acid groups is 1. The average molecular weight is 1030 g/mol. The number of amides is 1. The summed E-state index contributed by atoms with van der Waals surface area (Å²) in [6, 6.07) is -0.929. The molecule has 3 atom stereocenters. The van der Waals surface area contributed by atoms with E-state index in [1.165, 1.54) is 116 Å². The van der Waals surface area contributed by atoms with Crippen molar-refractivity contribution in [1.82, 2.24) is 5.32 Å². The van der Waals surface area contributed by atoms with Crippen LogP contribution < -0.4 is 10.2 Å². The van der Waals surface area contributed by atoms with E-state index >= 15 is 0 Å². The number of hydrogen-bond acceptors (Lipinski definition) is 7. The number of hydrogen-bond donors (Lipinski definition) is 1. The van der Waals surface area contributed by atoms with Gasteiger partial charge in [0, 0.05) is 12.8 Å². The molecular formula is C62H111N2O7P. The number of nitrogens with zero attached hydrogens (tertiary/aromatic N) is 1. The summed E-state index contributed by atoms with van der Waals surface area (Å²) < 4.78 is 30.2. The highest BCUT2D eigenvalue weighted by Crippen LogP contribution is 2.38. The third kappa shape index (κ3) is 52.1. The minimum atomic E-state index is -4.72. The second kappa shape index (κ2) is 51.7. The highest BCUT2D eigenvalue weighted by Gasteiger charge is 2.27. The molecular weight excluding hydrogens is 916 g/mol. The predicted molar refractivity (Wildman–Crippen MR) is 307 cm³/mol. The quantitative estimate of drug-likeness (QED) is 0.0212. The molecule has 0 radical (unpaired) electrons. The van der Waals surface area contributed by atoms with E-state index in [1.807, 2.05) is 33.3 Å². The normalized spacial score (nSPS) is 14.4. The number of phosphoric ester groups is 1. The number of esters is 1. The van der Waals surface area contributed by atoms with E-state index in [2.05, 4.69) is 92.9 Å². The Hall–Kier alpha value is -2.81. The molecule has 0 aromatic heterocycles. The van der Waals surface area contributed by atoms with Crippen molar-refractivity contribution in [2.75, 3.05) is 40.9 Å². The topological polar surface area (TPSA) is 114 Å². The minimum Gasteiger partial charge on any atom is -0.756 e. The number of ether oxygens (including phenoxy) is 1. The van der Waals surface area contributed by atoms with E-state index < -0.39 is 26.6 Å². The van der Waals surface area contributed by atoms with Gasteiger partial charge < -0.3 is 28.5 Å². The Morgan fingerprint density at radius 1 is 0.486 bits per heavy atom. The van der Waals surface area contributed by atoms with Crippen molar-refractivity contribution in [2.24, 2.45) is 0 Å². The van der Waals surface area contributed by atoms with Gasteiger partial charge in [0.2, 0.25) is 5.91 Å². The predicted octanol–water partition coefficient (Wildman–Crippen LogP) is 17.2.